The minimum Gasteiger partial charge on any atom is -0.494 e. The third kappa shape index (κ3) is 3.55. The van der Waals surface area contributed by atoms with Crippen LogP contribution in [-0.2, 0) is 4.84 Å². The molecule has 2 aromatic carbocycles. The maximum Gasteiger partial charge on any atom is 0.253 e. The molecule has 0 atom stereocenters. The van der Waals surface area contributed by atoms with Crippen LogP contribution in [0.1, 0.15) is 28.8 Å². The molecule has 2 aromatic rings. The fourth-order valence-corrected chi connectivity index (χ4v) is 3.51. The highest BCUT2D eigenvalue weighted by atomic mass is 35.5. The van der Waals surface area contributed by atoms with Gasteiger partial charge in [0.1, 0.15) is 0 Å². The summed E-state index contributed by atoms with van der Waals surface area (Å²) in [6.07, 6.45) is 1.09. The van der Waals surface area contributed by atoms with Crippen molar-refractivity contribution in [3.63, 3.8) is 0 Å². The molecule has 0 unspecified atom stereocenters. The molecule has 0 radical (unpaired) electrons. The van der Waals surface area contributed by atoms with Crippen LogP contribution >= 0.6 is 11.6 Å². The number of ether oxygens (including phenoxy) is 1. The van der Waals surface area contributed by atoms with Crippen LogP contribution in [-0.4, -0.2) is 42.6 Å². The summed E-state index contributed by atoms with van der Waals surface area (Å²) in [5.74, 6) is -0.0102. The number of nitrogens with one attached hydrogen (secondary N) is 1. The van der Waals surface area contributed by atoms with Gasteiger partial charge < -0.3 is 9.64 Å². The topological polar surface area (TPSA) is 63.2 Å². The molecule has 1 saturated heterocycles. The smallest absolute Gasteiger partial charge is 0.253 e. The summed E-state index contributed by atoms with van der Waals surface area (Å²) in [6.45, 7) is 0.928. The van der Waals surface area contributed by atoms with E-state index in [2.05, 4.69) is 5.48 Å². The monoisotopic (exact) mass is 403 g/mol. The van der Waals surface area contributed by atoms with E-state index in [4.69, 9.17) is 26.2 Å². The number of hydroxylamine groups is 1. The molecular weight excluding hydrogens is 385 g/mol. The van der Waals surface area contributed by atoms with Crippen LogP contribution < -0.4 is 10.2 Å². The van der Waals surface area contributed by atoms with Crippen LogP contribution in [0.5, 0.6) is 5.75 Å². The lowest BCUT2D eigenvalue weighted by Gasteiger charge is -2.35. The Morgan fingerprint density at radius 3 is 2.61 bits per heavy atom. The van der Waals surface area contributed by atoms with Crippen molar-refractivity contribution in [2.24, 2.45) is 4.99 Å². The molecule has 2 aliphatic rings. The first-order valence-corrected chi connectivity index (χ1v) is 9.30. The number of amides is 1. The van der Waals surface area contributed by atoms with Crippen LogP contribution in [0.25, 0.3) is 0 Å². The first-order chi connectivity index (χ1) is 13.5. The Balaban J connectivity index is 1.44. The van der Waals surface area contributed by atoms with E-state index in [-0.39, 0.29) is 11.7 Å². The third-order valence-corrected chi connectivity index (χ3v) is 5.25. The maximum absolute atomic E-state index is 13.9. The Labute approximate surface area is 166 Å². The first-order valence-electron chi connectivity index (χ1n) is 8.92. The predicted molar refractivity (Wildman–Crippen MR) is 103 cm³/mol. The Bertz CT molecular complexity index is 925. The normalized spacial score (nSPS) is 18.0. The third-order valence-electron chi connectivity index (χ3n) is 5.00. The van der Waals surface area contributed by atoms with Crippen LogP contribution in [0.4, 0.5) is 4.39 Å². The van der Waals surface area contributed by atoms with Gasteiger partial charge >= 0.3 is 0 Å². The van der Waals surface area contributed by atoms with E-state index in [1.807, 2.05) is 12.1 Å². The molecule has 0 bridgehead atoms. The summed E-state index contributed by atoms with van der Waals surface area (Å²) in [6, 6.07) is 11.6. The lowest BCUT2D eigenvalue weighted by atomic mass is 10.00. The molecule has 0 aliphatic carbocycles. The molecule has 2 heterocycles. The number of hydrogen-bond donors (Lipinski definition) is 1. The van der Waals surface area contributed by atoms with Gasteiger partial charge in [0.15, 0.2) is 23.1 Å². The van der Waals surface area contributed by atoms with Crippen molar-refractivity contribution >= 4 is 23.3 Å². The summed E-state index contributed by atoms with van der Waals surface area (Å²) in [7, 11) is 1.39. The Morgan fingerprint density at radius 1 is 1.25 bits per heavy atom. The lowest BCUT2D eigenvalue weighted by Crippen LogP contribution is -2.46. The molecular formula is C20H19ClFN3O3. The van der Waals surface area contributed by atoms with E-state index in [0.717, 1.165) is 5.56 Å². The number of piperidine rings is 1. The largest absolute Gasteiger partial charge is 0.494 e. The SMILES string of the molecule is COc1ccc(C(=O)N2CCC3(CC2)N=C(c2ccc(Cl)cc2)NO3)cc1F. The van der Waals surface area contributed by atoms with Crippen molar-refractivity contribution in [1.29, 1.82) is 0 Å². The Kier molecular flexibility index (Phi) is 4.95. The highest BCUT2D eigenvalue weighted by Crippen LogP contribution is 2.32. The number of hydrogen-bond acceptors (Lipinski definition) is 5. The molecule has 28 heavy (non-hydrogen) atoms. The number of aliphatic imine (C=N–C) groups is 1. The van der Waals surface area contributed by atoms with E-state index in [1.54, 1.807) is 23.1 Å². The standard InChI is InChI=1S/C20H19ClFN3O3/c1-27-17-7-4-14(12-16(17)22)19(26)25-10-8-20(9-11-25)23-18(24-28-20)13-2-5-15(21)6-3-13/h2-7,12H,8-11H2,1H3,(H,23,24). The number of amidine groups is 1. The van der Waals surface area contributed by atoms with E-state index in [1.165, 1.54) is 19.2 Å². The fourth-order valence-electron chi connectivity index (χ4n) is 3.38. The second kappa shape index (κ2) is 7.41. The van der Waals surface area contributed by atoms with E-state index in [9.17, 15) is 9.18 Å². The number of rotatable bonds is 3. The average Bonchev–Trinajstić information content (AvgIpc) is 3.12. The van der Waals surface area contributed by atoms with Crippen LogP contribution in [0.3, 0.4) is 0 Å². The number of benzene rings is 2. The number of carbonyl (C=O) groups excluding carboxylic acids is 1. The van der Waals surface area contributed by atoms with Gasteiger partial charge in [-0.25, -0.2) is 19.7 Å². The lowest BCUT2D eigenvalue weighted by molar-refractivity contribution is -0.0849. The van der Waals surface area contributed by atoms with Gasteiger partial charge in [0.05, 0.1) is 7.11 Å². The molecule has 1 fully saturated rings. The van der Waals surface area contributed by atoms with E-state index < -0.39 is 11.5 Å². The minimum atomic E-state index is -0.698. The molecule has 8 heteroatoms. The van der Waals surface area contributed by atoms with Gasteiger partial charge in [-0.3, -0.25) is 4.79 Å². The maximum atomic E-state index is 13.9. The molecule has 146 valence electrons. The van der Waals surface area contributed by atoms with Gasteiger partial charge in [0.25, 0.3) is 5.91 Å². The summed E-state index contributed by atoms with van der Waals surface area (Å²) in [5.41, 5.74) is 3.37. The van der Waals surface area contributed by atoms with Gasteiger partial charge in [-0.05, 0) is 42.5 Å². The van der Waals surface area contributed by atoms with Crippen molar-refractivity contribution in [3.05, 3.63) is 64.4 Å². The first kappa shape index (κ1) is 18.7. The Hall–Kier alpha value is -2.64. The number of nitrogens with zero attached hydrogens (tertiary/aromatic N) is 2. The highest BCUT2D eigenvalue weighted by Gasteiger charge is 2.41. The minimum absolute atomic E-state index is 0.114. The zero-order valence-corrected chi connectivity index (χ0v) is 16.0. The van der Waals surface area contributed by atoms with Gasteiger partial charge in [-0.2, -0.15) is 0 Å². The zero-order chi connectivity index (χ0) is 19.7. The average molecular weight is 404 g/mol. The summed E-state index contributed by atoms with van der Waals surface area (Å²) in [5, 5.41) is 0.653. The molecule has 1 amide bonds. The van der Waals surface area contributed by atoms with Gasteiger partial charge in [0, 0.05) is 42.1 Å². The number of carbonyl (C=O) groups is 1. The Morgan fingerprint density at radius 2 is 1.96 bits per heavy atom. The van der Waals surface area contributed by atoms with Crippen LogP contribution in [0.15, 0.2) is 47.5 Å². The second-order valence-electron chi connectivity index (χ2n) is 6.76. The van der Waals surface area contributed by atoms with Crippen molar-refractivity contribution < 1.29 is 18.8 Å². The number of methoxy groups -OCH3 is 1. The van der Waals surface area contributed by atoms with Crippen molar-refractivity contribution in [1.82, 2.24) is 10.4 Å². The second-order valence-corrected chi connectivity index (χ2v) is 7.20. The van der Waals surface area contributed by atoms with Crippen LogP contribution in [0, 0.1) is 5.82 Å². The molecule has 4 rings (SSSR count). The molecule has 6 nitrogen and oxygen atoms in total. The van der Waals surface area contributed by atoms with Gasteiger partial charge in [0.2, 0.25) is 0 Å². The van der Waals surface area contributed by atoms with Gasteiger partial charge in [-0.15, -0.1) is 0 Å². The highest BCUT2D eigenvalue weighted by molar-refractivity contribution is 6.30. The molecule has 1 N–H and O–H groups in total. The fraction of sp³-hybridized carbons (Fsp3) is 0.300. The quantitative estimate of drug-likeness (QED) is 0.853. The summed E-state index contributed by atoms with van der Waals surface area (Å²) in [4.78, 5) is 24.8. The van der Waals surface area contributed by atoms with Gasteiger partial charge in [-0.1, -0.05) is 11.6 Å². The van der Waals surface area contributed by atoms with Crippen molar-refractivity contribution in [2.75, 3.05) is 20.2 Å². The predicted octanol–water partition coefficient (Wildman–Crippen LogP) is 3.40. The summed E-state index contributed by atoms with van der Waals surface area (Å²) < 4.78 is 18.8. The molecule has 2 aliphatic heterocycles. The summed E-state index contributed by atoms with van der Waals surface area (Å²) >= 11 is 5.92. The van der Waals surface area contributed by atoms with Crippen molar-refractivity contribution in [3.8, 4) is 5.75 Å². The van der Waals surface area contributed by atoms with E-state index in [0.29, 0.717) is 42.4 Å². The zero-order valence-electron chi connectivity index (χ0n) is 15.2. The number of halogens is 2. The molecule has 0 aromatic heterocycles. The van der Waals surface area contributed by atoms with Crippen molar-refractivity contribution in [2.45, 2.75) is 18.6 Å². The molecule has 0 saturated carbocycles. The number of likely N-dealkylation sites (tertiary alicyclic amines) is 1. The van der Waals surface area contributed by atoms with Crippen LogP contribution in [0.2, 0.25) is 5.02 Å². The molecule has 1 spiro atoms. The van der Waals surface area contributed by atoms with E-state index >= 15 is 0 Å².